The van der Waals surface area contributed by atoms with Gasteiger partial charge in [-0.05, 0) is 0 Å². The lowest BCUT2D eigenvalue weighted by atomic mass is 10.0. The Morgan fingerprint density at radius 3 is 2.04 bits per heavy atom. The molecule has 28 heavy (non-hydrogen) atoms. The smallest absolute Gasteiger partial charge is 0.187 e. The van der Waals surface area contributed by atoms with Crippen molar-refractivity contribution in [3.05, 3.63) is 0 Å². The molecule has 3 unspecified atom stereocenters. The van der Waals surface area contributed by atoms with Crippen LogP contribution in [0.2, 0.25) is 0 Å². The highest BCUT2D eigenvalue weighted by atomic mass is 16.7. The van der Waals surface area contributed by atoms with E-state index in [2.05, 4.69) is 0 Å². The van der Waals surface area contributed by atoms with E-state index in [0.29, 0.717) is 0 Å². The minimum atomic E-state index is -1.67. The summed E-state index contributed by atoms with van der Waals surface area (Å²) in [6, 6.07) is 0. The molecular weight excluding hydrogens is 388 g/mol. The fraction of sp³-hybridized carbons (Fsp3) is 1.00. The molecule has 12 atom stereocenters. The maximum absolute atomic E-state index is 10.3. The quantitative estimate of drug-likeness (QED) is 0.211. The molecule has 3 heterocycles. The second kappa shape index (κ2) is 9.09. The van der Waals surface area contributed by atoms with Gasteiger partial charge in [-0.1, -0.05) is 0 Å². The van der Waals surface area contributed by atoms with E-state index in [-0.39, 0.29) is 13.2 Å². The minimum Gasteiger partial charge on any atom is -0.394 e. The molecule has 3 saturated heterocycles. The van der Waals surface area contributed by atoms with Crippen molar-refractivity contribution in [1.82, 2.24) is 0 Å². The first-order valence-electron chi connectivity index (χ1n) is 8.81. The summed E-state index contributed by atoms with van der Waals surface area (Å²) in [5.74, 6) is 0. The van der Waals surface area contributed by atoms with E-state index >= 15 is 0 Å². The first-order valence-corrected chi connectivity index (χ1v) is 8.81. The summed E-state index contributed by atoms with van der Waals surface area (Å²) in [7, 11) is 0. The first-order chi connectivity index (χ1) is 13.2. The lowest BCUT2D eigenvalue weighted by molar-refractivity contribution is -0.340. The van der Waals surface area contributed by atoms with Crippen LogP contribution in [0.1, 0.15) is 0 Å². The van der Waals surface area contributed by atoms with E-state index < -0.39 is 80.4 Å². The third kappa shape index (κ3) is 4.32. The van der Waals surface area contributed by atoms with Gasteiger partial charge in [-0.2, -0.15) is 0 Å². The van der Waals surface area contributed by atoms with Crippen molar-refractivity contribution >= 4 is 0 Å². The number of hydrogen-bond acceptors (Lipinski definition) is 13. The van der Waals surface area contributed by atoms with Crippen LogP contribution < -0.4 is 0 Å². The van der Waals surface area contributed by atoms with Gasteiger partial charge < -0.3 is 64.5 Å². The molecule has 0 aliphatic carbocycles. The zero-order valence-electron chi connectivity index (χ0n) is 14.7. The summed E-state index contributed by atoms with van der Waals surface area (Å²) in [5, 5.41) is 78.4. The van der Waals surface area contributed by atoms with Crippen molar-refractivity contribution in [2.45, 2.75) is 73.8 Å². The Balaban J connectivity index is 1.57. The molecular formula is C15H26O13. The van der Waals surface area contributed by atoms with Gasteiger partial charge in [-0.15, -0.1) is 0 Å². The van der Waals surface area contributed by atoms with Crippen molar-refractivity contribution in [2.24, 2.45) is 0 Å². The lowest BCUT2D eigenvalue weighted by Crippen LogP contribution is -2.60. The Morgan fingerprint density at radius 2 is 1.39 bits per heavy atom. The average molecular weight is 414 g/mol. The van der Waals surface area contributed by atoms with Crippen LogP contribution in [0.25, 0.3) is 0 Å². The van der Waals surface area contributed by atoms with Gasteiger partial charge in [0.2, 0.25) is 0 Å². The molecule has 13 heteroatoms. The number of aliphatic hydroxyl groups is 8. The van der Waals surface area contributed by atoms with Crippen LogP contribution in [0, 0.1) is 0 Å². The normalized spacial score (nSPS) is 52.7. The predicted octanol–water partition coefficient (Wildman–Crippen LogP) is -5.66. The van der Waals surface area contributed by atoms with Gasteiger partial charge in [0, 0.05) is 0 Å². The lowest BCUT2D eigenvalue weighted by Gasteiger charge is -2.42. The maximum Gasteiger partial charge on any atom is 0.187 e. The van der Waals surface area contributed by atoms with Crippen LogP contribution >= 0.6 is 0 Å². The standard InChI is InChI=1S/C15H26O13/c16-1-5-7(18)10(21)15(26-5)27-6-3-25-14(9(20)8(6)19)28-12-4(17)2-24-13(23)11(12)22/h4-23H,1-3H2/t4-,5+,6-,7+,8+,9-,10-,11-,12+,13?,14?,15?/m1/s1. The molecule has 0 aromatic rings. The van der Waals surface area contributed by atoms with Gasteiger partial charge in [0.15, 0.2) is 18.9 Å². The minimum absolute atomic E-state index is 0.314. The number of aliphatic hydroxyl groups excluding tert-OH is 8. The van der Waals surface area contributed by atoms with E-state index in [1.807, 2.05) is 0 Å². The molecule has 0 aromatic heterocycles. The second-order valence-electron chi connectivity index (χ2n) is 6.95. The van der Waals surface area contributed by atoms with Crippen molar-refractivity contribution < 1.29 is 64.5 Å². The van der Waals surface area contributed by atoms with E-state index in [1.54, 1.807) is 0 Å². The Morgan fingerprint density at radius 1 is 0.714 bits per heavy atom. The molecule has 3 aliphatic rings. The molecule has 0 spiro atoms. The van der Waals surface area contributed by atoms with Crippen molar-refractivity contribution in [3.8, 4) is 0 Å². The summed E-state index contributed by atoms with van der Waals surface area (Å²) < 4.78 is 25.8. The van der Waals surface area contributed by atoms with E-state index in [9.17, 15) is 35.7 Å². The monoisotopic (exact) mass is 414 g/mol. The largest absolute Gasteiger partial charge is 0.394 e. The van der Waals surface area contributed by atoms with Crippen molar-refractivity contribution in [1.29, 1.82) is 0 Å². The highest BCUT2D eigenvalue weighted by Crippen LogP contribution is 2.28. The first kappa shape index (κ1) is 22.2. The number of hydrogen-bond donors (Lipinski definition) is 8. The van der Waals surface area contributed by atoms with Crippen molar-refractivity contribution in [3.63, 3.8) is 0 Å². The average Bonchev–Trinajstić information content (AvgIpc) is 2.95. The fourth-order valence-electron chi connectivity index (χ4n) is 3.26. The molecule has 0 bridgehead atoms. The Hall–Kier alpha value is -0.520. The summed E-state index contributed by atoms with van der Waals surface area (Å²) in [6.45, 7) is -1.19. The number of ether oxygens (including phenoxy) is 5. The molecule has 3 fully saturated rings. The van der Waals surface area contributed by atoms with Gasteiger partial charge in [0.25, 0.3) is 0 Å². The van der Waals surface area contributed by atoms with Crippen LogP contribution in [0.3, 0.4) is 0 Å². The molecule has 164 valence electrons. The molecule has 8 N–H and O–H groups in total. The van der Waals surface area contributed by atoms with Crippen LogP contribution in [0.4, 0.5) is 0 Å². The maximum atomic E-state index is 10.3. The van der Waals surface area contributed by atoms with Gasteiger partial charge in [-0.25, -0.2) is 0 Å². The zero-order chi connectivity index (χ0) is 20.6. The van der Waals surface area contributed by atoms with Gasteiger partial charge in [-0.3, -0.25) is 0 Å². The molecule has 3 aliphatic heterocycles. The van der Waals surface area contributed by atoms with Gasteiger partial charge in [0.1, 0.15) is 54.9 Å². The SMILES string of the molecule is OC[C@@H]1OC(O[C@@H]2COC(O[C@H]3[C@H](O)COC(O)[C@@H]3O)[C@H](O)[C@H]2O)[C@H](O)[C@H]1O. The molecule has 3 rings (SSSR count). The summed E-state index contributed by atoms with van der Waals surface area (Å²) in [5.41, 5.74) is 0. The predicted molar refractivity (Wildman–Crippen MR) is 83.2 cm³/mol. The van der Waals surface area contributed by atoms with Crippen molar-refractivity contribution in [2.75, 3.05) is 19.8 Å². The molecule has 0 amide bonds. The van der Waals surface area contributed by atoms with E-state index in [4.69, 9.17) is 28.8 Å². The summed E-state index contributed by atoms with van der Waals surface area (Å²) in [4.78, 5) is 0. The fourth-order valence-corrected chi connectivity index (χ4v) is 3.26. The summed E-state index contributed by atoms with van der Waals surface area (Å²) in [6.07, 6.45) is -17.0. The van der Waals surface area contributed by atoms with Gasteiger partial charge >= 0.3 is 0 Å². The number of rotatable bonds is 5. The topological polar surface area (TPSA) is 208 Å². The van der Waals surface area contributed by atoms with E-state index in [1.165, 1.54) is 0 Å². The van der Waals surface area contributed by atoms with Gasteiger partial charge in [0.05, 0.1) is 19.8 Å². The second-order valence-corrected chi connectivity index (χ2v) is 6.95. The zero-order valence-corrected chi connectivity index (χ0v) is 14.7. The third-order valence-corrected chi connectivity index (χ3v) is 4.98. The molecule has 0 saturated carbocycles. The van der Waals surface area contributed by atoms with Crippen LogP contribution in [-0.2, 0) is 23.7 Å². The van der Waals surface area contributed by atoms with E-state index in [0.717, 1.165) is 0 Å². The highest BCUT2D eigenvalue weighted by molar-refractivity contribution is 4.91. The molecule has 0 radical (unpaired) electrons. The highest BCUT2D eigenvalue weighted by Gasteiger charge is 2.49. The summed E-state index contributed by atoms with van der Waals surface area (Å²) >= 11 is 0. The third-order valence-electron chi connectivity index (χ3n) is 4.98. The van der Waals surface area contributed by atoms with Crippen LogP contribution in [0.5, 0.6) is 0 Å². The molecule has 0 aromatic carbocycles. The Kier molecular flexibility index (Phi) is 7.20. The Labute approximate surface area is 159 Å². The van der Waals surface area contributed by atoms with Crippen LogP contribution in [0.15, 0.2) is 0 Å². The van der Waals surface area contributed by atoms with Crippen LogP contribution in [-0.4, -0.2) is 134 Å². The Bertz CT molecular complexity index is 508. The molecule has 13 nitrogen and oxygen atoms in total.